The van der Waals surface area contributed by atoms with Gasteiger partial charge in [-0.05, 0) is 36.6 Å². The maximum Gasteiger partial charge on any atom is 0.185 e. The average Bonchev–Trinajstić information content (AvgIpc) is 3.15. The average molecular weight is 430 g/mol. The molecule has 0 spiro atoms. The molecule has 1 fully saturated rings. The minimum absolute atomic E-state index is 0.0805. The molecule has 3 unspecified atom stereocenters. The largest absolute Gasteiger partial charge is 0.351 e. The number of nitrogens with zero attached hydrogens (tertiary/aromatic N) is 3. The number of carbonyl (C=O) groups is 1. The minimum Gasteiger partial charge on any atom is -0.351 e. The molecular weight excluding hydrogens is 406 g/mol. The van der Waals surface area contributed by atoms with Crippen LogP contribution >= 0.6 is 0 Å². The van der Waals surface area contributed by atoms with Gasteiger partial charge in [0.05, 0.1) is 18.2 Å². The zero-order valence-electron chi connectivity index (χ0n) is 18.6. The van der Waals surface area contributed by atoms with Crippen LogP contribution in [0.1, 0.15) is 38.5 Å². The zero-order valence-corrected chi connectivity index (χ0v) is 18.6. The molecule has 2 aliphatic heterocycles. The quantitative estimate of drug-likeness (QED) is 0.509. The Morgan fingerprint density at radius 1 is 0.939 bits per heavy atom. The van der Waals surface area contributed by atoms with Gasteiger partial charge in [-0.2, -0.15) is 10.5 Å². The van der Waals surface area contributed by atoms with E-state index in [9.17, 15) is 15.3 Å². The van der Waals surface area contributed by atoms with E-state index in [2.05, 4.69) is 18.2 Å². The molecule has 0 aliphatic carbocycles. The molecule has 3 aromatic carbocycles. The number of carbonyl (C=O) groups excluding carboxylic acids is 1. The number of hydrogen-bond acceptors (Lipinski definition) is 4. The third-order valence-electron chi connectivity index (χ3n) is 7.00. The smallest absolute Gasteiger partial charge is 0.185 e. The highest BCUT2D eigenvalue weighted by Crippen LogP contribution is 2.56. The molecule has 5 rings (SSSR count). The van der Waals surface area contributed by atoms with Gasteiger partial charge in [-0.25, -0.2) is 0 Å². The summed E-state index contributed by atoms with van der Waals surface area (Å²) < 4.78 is 0. The number of hydrogen-bond donors (Lipinski definition) is 0. The van der Waals surface area contributed by atoms with E-state index in [0.717, 1.165) is 27.9 Å². The number of ketones is 1. The van der Waals surface area contributed by atoms with Crippen molar-refractivity contribution in [2.24, 2.45) is 5.41 Å². The Bertz CT molecular complexity index is 1350. The maximum absolute atomic E-state index is 14.1. The molecule has 2 aliphatic rings. The number of para-hydroxylation sites is 1. The van der Waals surface area contributed by atoms with Gasteiger partial charge in [-0.3, -0.25) is 4.79 Å². The lowest BCUT2D eigenvalue weighted by Gasteiger charge is -2.35. The van der Waals surface area contributed by atoms with Crippen LogP contribution < -0.4 is 4.90 Å². The van der Waals surface area contributed by atoms with Crippen molar-refractivity contribution in [2.45, 2.75) is 31.8 Å². The van der Waals surface area contributed by atoms with Gasteiger partial charge < -0.3 is 4.90 Å². The molecule has 3 atom stereocenters. The Hall–Kier alpha value is -4.15. The molecule has 0 bridgehead atoms. The van der Waals surface area contributed by atoms with Gasteiger partial charge in [-0.15, -0.1) is 0 Å². The van der Waals surface area contributed by atoms with Gasteiger partial charge in [0, 0.05) is 17.2 Å². The SMILES string of the molecule is Cc1ccc(C2C(C(=O)c3ccccc3)N3c4ccccc4C=CC3C2(C#N)C#N)c(C)c1. The molecule has 0 saturated carbocycles. The van der Waals surface area contributed by atoms with Crippen molar-refractivity contribution >= 4 is 17.5 Å². The first-order valence-electron chi connectivity index (χ1n) is 11.1. The van der Waals surface area contributed by atoms with E-state index < -0.39 is 23.4 Å². The molecule has 1 saturated heterocycles. The highest BCUT2D eigenvalue weighted by molar-refractivity contribution is 6.04. The predicted octanol–water partition coefficient (Wildman–Crippen LogP) is 5.59. The Balaban J connectivity index is 1.81. The highest BCUT2D eigenvalue weighted by atomic mass is 16.1. The summed E-state index contributed by atoms with van der Waals surface area (Å²) in [5.41, 5.74) is 3.97. The molecule has 0 N–H and O–H groups in total. The van der Waals surface area contributed by atoms with Crippen LogP contribution in [0.5, 0.6) is 0 Å². The summed E-state index contributed by atoms with van der Waals surface area (Å²) in [5.74, 6) is -0.690. The lowest BCUT2D eigenvalue weighted by atomic mass is 9.68. The number of fused-ring (bicyclic) bond motifs is 3. The molecular formula is C29H23N3O. The van der Waals surface area contributed by atoms with Gasteiger partial charge in [0.25, 0.3) is 0 Å². The van der Waals surface area contributed by atoms with Crippen LogP contribution in [0.4, 0.5) is 5.69 Å². The van der Waals surface area contributed by atoms with Crippen molar-refractivity contribution in [3.63, 3.8) is 0 Å². The van der Waals surface area contributed by atoms with Crippen molar-refractivity contribution in [2.75, 3.05) is 4.90 Å². The first kappa shape index (κ1) is 20.7. The molecule has 0 amide bonds. The number of Topliss-reactive ketones (excluding diaryl/α,β-unsaturated/α-hetero) is 1. The molecule has 3 aromatic rings. The monoisotopic (exact) mass is 429 g/mol. The summed E-state index contributed by atoms with van der Waals surface area (Å²) >= 11 is 0. The Labute approximate surface area is 194 Å². The summed E-state index contributed by atoms with van der Waals surface area (Å²) in [5, 5.41) is 21.0. The Morgan fingerprint density at radius 2 is 1.64 bits per heavy atom. The second-order valence-corrected chi connectivity index (χ2v) is 8.88. The second-order valence-electron chi connectivity index (χ2n) is 8.88. The lowest BCUT2D eigenvalue weighted by Crippen LogP contribution is -2.44. The van der Waals surface area contributed by atoms with Crippen molar-refractivity contribution in [3.05, 3.63) is 107 Å². The van der Waals surface area contributed by atoms with Gasteiger partial charge in [0.15, 0.2) is 11.2 Å². The van der Waals surface area contributed by atoms with Crippen LogP contribution in [0.25, 0.3) is 6.08 Å². The molecule has 0 aromatic heterocycles. The third-order valence-corrected chi connectivity index (χ3v) is 7.00. The fourth-order valence-corrected chi connectivity index (χ4v) is 5.53. The molecule has 160 valence electrons. The first-order chi connectivity index (χ1) is 16.0. The van der Waals surface area contributed by atoms with Crippen LogP contribution in [-0.4, -0.2) is 17.9 Å². The standard InChI is InChI=1S/C29H23N3O/c1-19-12-14-23(20(2)16-19)26-27(28(33)22-9-4-3-5-10-22)32-24-11-7-6-8-21(24)13-15-25(32)29(26,17-30)18-31/h3-16,25-27H,1-2H3. The Kier molecular flexibility index (Phi) is 4.88. The van der Waals surface area contributed by atoms with E-state index in [0.29, 0.717) is 5.56 Å². The van der Waals surface area contributed by atoms with Crippen LogP contribution in [0.15, 0.2) is 78.9 Å². The van der Waals surface area contributed by atoms with Crippen LogP contribution in [0, 0.1) is 41.9 Å². The van der Waals surface area contributed by atoms with Gasteiger partial charge in [-0.1, -0.05) is 84.4 Å². The first-order valence-corrected chi connectivity index (χ1v) is 11.1. The molecule has 33 heavy (non-hydrogen) atoms. The number of rotatable bonds is 3. The van der Waals surface area contributed by atoms with Crippen LogP contribution in [-0.2, 0) is 0 Å². The van der Waals surface area contributed by atoms with Gasteiger partial charge >= 0.3 is 0 Å². The number of anilines is 1. The van der Waals surface area contributed by atoms with Crippen LogP contribution in [0.2, 0.25) is 0 Å². The summed E-state index contributed by atoms with van der Waals surface area (Å²) in [6.45, 7) is 4.01. The van der Waals surface area contributed by atoms with Gasteiger partial charge in [0.2, 0.25) is 0 Å². The predicted molar refractivity (Wildman–Crippen MR) is 129 cm³/mol. The van der Waals surface area contributed by atoms with E-state index in [1.54, 1.807) is 12.1 Å². The number of nitriles is 2. The molecule has 0 radical (unpaired) electrons. The highest BCUT2D eigenvalue weighted by Gasteiger charge is 2.63. The van der Waals surface area contributed by atoms with Gasteiger partial charge in [0.1, 0.15) is 6.04 Å². The van der Waals surface area contributed by atoms with E-state index in [1.807, 2.05) is 85.5 Å². The fourth-order valence-electron chi connectivity index (χ4n) is 5.53. The summed E-state index contributed by atoms with van der Waals surface area (Å²) in [6.07, 6.45) is 3.89. The van der Waals surface area contributed by atoms with Crippen molar-refractivity contribution < 1.29 is 4.79 Å². The summed E-state index contributed by atoms with van der Waals surface area (Å²) in [4.78, 5) is 16.1. The second kappa shape index (κ2) is 7.76. The maximum atomic E-state index is 14.1. The van der Waals surface area contributed by atoms with E-state index in [-0.39, 0.29) is 5.78 Å². The van der Waals surface area contributed by atoms with Crippen molar-refractivity contribution in [1.82, 2.24) is 0 Å². The van der Waals surface area contributed by atoms with E-state index >= 15 is 0 Å². The number of aryl methyl sites for hydroxylation is 2. The zero-order chi connectivity index (χ0) is 23.2. The fraction of sp³-hybridized carbons (Fsp3) is 0.207. The van der Waals surface area contributed by atoms with Crippen molar-refractivity contribution in [3.8, 4) is 12.1 Å². The van der Waals surface area contributed by atoms with Crippen molar-refractivity contribution in [1.29, 1.82) is 10.5 Å². The topological polar surface area (TPSA) is 67.9 Å². The lowest BCUT2D eigenvalue weighted by molar-refractivity contribution is 0.0951. The molecule has 4 heteroatoms. The van der Waals surface area contributed by atoms with E-state index in [4.69, 9.17) is 0 Å². The number of benzene rings is 3. The molecule has 4 nitrogen and oxygen atoms in total. The Morgan fingerprint density at radius 3 is 2.33 bits per heavy atom. The van der Waals surface area contributed by atoms with Crippen LogP contribution in [0.3, 0.4) is 0 Å². The summed E-state index contributed by atoms with van der Waals surface area (Å²) in [6, 6.07) is 26.6. The minimum atomic E-state index is -1.42. The molecule has 2 heterocycles. The van der Waals surface area contributed by atoms with E-state index in [1.165, 1.54) is 0 Å². The normalized spacial score (nSPS) is 22.1. The summed E-state index contributed by atoms with van der Waals surface area (Å²) in [7, 11) is 0. The third kappa shape index (κ3) is 2.99.